The van der Waals surface area contributed by atoms with Gasteiger partial charge in [0.2, 0.25) is 0 Å². The average Bonchev–Trinajstić information content (AvgIpc) is 3.07. The summed E-state index contributed by atoms with van der Waals surface area (Å²) in [6, 6.07) is 7.97. The number of nitrogens with zero attached hydrogens (tertiary/aromatic N) is 4. The number of carbonyl (C=O) groups is 1. The van der Waals surface area contributed by atoms with E-state index in [4.69, 9.17) is 4.74 Å². The van der Waals surface area contributed by atoms with Crippen molar-refractivity contribution < 1.29 is 9.53 Å². The van der Waals surface area contributed by atoms with Crippen molar-refractivity contribution in [2.75, 3.05) is 12.4 Å². The summed E-state index contributed by atoms with van der Waals surface area (Å²) in [5.41, 5.74) is 3.94. The third-order valence-corrected chi connectivity index (χ3v) is 4.27. The Hall–Kier alpha value is -2.96. The topological polar surface area (TPSA) is 81.4 Å². The van der Waals surface area contributed by atoms with Gasteiger partial charge in [0.25, 0.3) is 5.78 Å². The maximum atomic E-state index is 11.5. The van der Waals surface area contributed by atoms with Gasteiger partial charge in [0.05, 0.1) is 13.0 Å². The molecule has 2 heterocycles. The van der Waals surface area contributed by atoms with Gasteiger partial charge >= 0.3 is 5.97 Å². The summed E-state index contributed by atoms with van der Waals surface area (Å²) < 4.78 is 6.46. The maximum Gasteiger partial charge on any atom is 0.308 e. The third-order valence-electron chi connectivity index (χ3n) is 4.27. The zero-order valence-electron chi connectivity index (χ0n) is 14.8. The highest BCUT2D eigenvalue weighted by atomic mass is 16.5. The SMILES string of the molecule is COC(=O)C(C)Cc1ccc(Nc2c(C)c(C)nc3ncnn23)cc1. The van der Waals surface area contributed by atoms with Crippen LogP contribution in [-0.2, 0) is 16.0 Å². The Balaban J connectivity index is 1.82. The van der Waals surface area contributed by atoms with Gasteiger partial charge in [0.15, 0.2) is 0 Å². The second-order valence-corrected chi connectivity index (χ2v) is 6.09. The Bertz CT molecular complexity index is 902. The summed E-state index contributed by atoms with van der Waals surface area (Å²) >= 11 is 0. The van der Waals surface area contributed by atoms with Crippen molar-refractivity contribution in [3.8, 4) is 0 Å². The standard InChI is InChI=1S/C18H21N5O2/c1-11(17(24)25-4)9-14-5-7-15(8-6-14)22-16-12(2)13(3)21-18-19-10-20-23(16)18/h5-8,10-11,22H,9H2,1-4H3. The molecule has 0 aliphatic rings. The largest absolute Gasteiger partial charge is 0.469 e. The Morgan fingerprint density at radius 3 is 2.68 bits per heavy atom. The van der Waals surface area contributed by atoms with E-state index in [2.05, 4.69) is 20.4 Å². The van der Waals surface area contributed by atoms with Crippen molar-refractivity contribution in [2.24, 2.45) is 5.92 Å². The molecule has 0 amide bonds. The van der Waals surface area contributed by atoms with Crippen LogP contribution in [0.15, 0.2) is 30.6 Å². The molecule has 0 bridgehead atoms. The molecule has 0 saturated carbocycles. The van der Waals surface area contributed by atoms with Crippen LogP contribution in [0.3, 0.4) is 0 Å². The lowest BCUT2D eigenvalue weighted by Gasteiger charge is -2.13. The number of fused-ring (bicyclic) bond motifs is 1. The van der Waals surface area contributed by atoms with Crippen LogP contribution in [0.1, 0.15) is 23.7 Å². The van der Waals surface area contributed by atoms with E-state index in [-0.39, 0.29) is 11.9 Å². The molecule has 7 nitrogen and oxygen atoms in total. The number of esters is 1. The highest BCUT2D eigenvalue weighted by Crippen LogP contribution is 2.23. The van der Waals surface area contributed by atoms with Gasteiger partial charge in [-0.3, -0.25) is 4.79 Å². The molecule has 0 aliphatic carbocycles. The number of hydrogen-bond acceptors (Lipinski definition) is 6. The number of nitrogens with one attached hydrogen (secondary N) is 1. The summed E-state index contributed by atoms with van der Waals surface area (Å²) in [6.45, 7) is 5.81. The number of hydrogen-bond donors (Lipinski definition) is 1. The fraction of sp³-hybridized carbons (Fsp3) is 0.333. The molecule has 3 aromatic rings. The highest BCUT2D eigenvalue weighted by molar-refractivity contribution is 5.72. The second-order valence-electron chi connectivity index (χ2n) is 6.09. The summed E-state index contributed by atoms with van der Waals surface area (Å²) in [5.74, 6) is 1.05. The summed E-state index contributed by atoms with van der Waals surface area (Å²) in [7, 11) is 1.41. The number of methoxy groups -OCH3 is 1. The van der Waals surface area contributed by atoms with Gasteiger partial charge in [0.1, 0.15) is 12.1 Å². The van der Waals surface area contributed by atoms with Crippen LogP contribution in [0, 0.1) is 19.8 Å². The van der Waals surface area contributed by atoms with Crippen molar-refractivity contribution in [1.82, 2.24) is 19.6 Å². The van der Waals surface area contributed by atoms with Crippen LogP contribution in [0.4, 0.5) is 11.5 Å². The minimum atomic E-state index is -0.196. The van der Waals surface area contributed by atoms with Gasteiger partial charge in [-0.25, -0.2) is 4.98 Å². The van der Waals surface area contributed by atoms with Gasteiger partial charge < -0.3 is 10.1 Å². The molecule has 7 heteroatoms. The van der Waals surface area contributed by atoms with Crippen LogP contribution < -0.4 is 5.32 Å². The minimum Gasteiger partial charge on any atom is -0.469 e. The predicted octanol–water partition coefficient (Wildman–Crippen LogP) is 2.84. The van der Waals surface area contributed by atoms with E-state index in [9.17, 15) is 4.79 Å². The molecular formula is C18H21N5O2. The fourth-order valence-electron chi connectivity index (χ4n) is 2.68. The van der Waals surface area contributed by atoms with Crippen LogP contribution in [0.2, 0.25) is 0 Å². The number of aromatic nitrogens is 4. The maximum absolute atomic E-state index is 11.5. The first kappa shape index (κ1) is 16.9. The quantitative estimate of drug-likeness (QED) is 0.720. The van der Waals surface area contributed by atoms with E-state index in [0.29, 0.717) is 12.2 Å². The first-order valence-corrected chi connectivity index (χ1v) is 8.10. The molecule has 1 unspecified atom stereocenters. The number of aryl methyl sites for hydroxylation is 1. The van der Waals surface area contributed by atoms with Gasteiger partial charge in [-0.05, 0) is 38.0 Å². The van der Waals surface area contributed by atoms with Gasteiger partial charge in [-0.2, -0.15) is 14.6 Å². The molecule has 3 rings (SSSR count). The zero-order chi connectivity index (χ0) is 18.0. The Labute approximate surface area is 146 Å². The molecular weight excluding hydrogens is 318 g/mol. The molecule has 25 heavy (non-hydrogen) atoms. The number of benzene rings is 1. The average molecular weight is 339 g/mol. The Morgan fingerprint density at radius 2 is 2.00 bits per heavy atom. The van der Waals surface area contributed by atoms with E-state index in [1.165, 1.54) is 13.4 Å². The van der Waals surface area contributed by atoms with E-state index in [0.717, 1.165) is 28.3 Å². The number of anilines is 2. The molecule has 1 aromatic carbocycles. The van der Waals surface area contributed by atoms with Crippen molar-refractivity contribution in [1.29, 1.82) is 0 Å². The van der Waals surface area contributed by atoms with Crippen LogP contribution in [0.5, 0.6) is 0 Å². The molecule has 1 N–H and O–H groups in total. The lowest BCUT2D eigenvalue weighted by molar-refractivity contribution is -0.144. The lowest BCUT2D eigenvalue weighted by atomic mass is 10.0. The minimum absolute atomic E-state index is 0.163. The van der Waals surface area contributed by atoms with Crippen molar-refractivity contribution in [3.63, 3.8) is 0 Å². The lowest BCUT2D eigenvalue weighted by Crippen LogP contribution is -2.15. The van der Waals surface area contributed by atoms with Gasteiger partial charge in [-0.1, -0.05) is 19.1 Å². The smallest absolute Gasteiger partial charge is 0.308 e. The predicted molar refractivity (Wildman–Crippen MR) is 94.9 cm³/mol. The first-order valence-electron chi connectivity index (χ1n) is 8.10. The van der Waals surface area contributed by atoms with Crippen LogP contribution in [-0.4, -0.2) is 32.7 Å². The fourth-order valence-corrected chi connectivity index (χ4v) is 2.68. The number of rotatable bonds is 5. The van der Waals surface area contributed by atoms with Crippen molar-refractivity contribution >= 4 is 23.3 Å². The summed E-state index contributed by atoms with van der Waals surface area (Å²) in [5, 5.41) is 7.62. The van der Waals surface area contributed by atoms with E-state index in [1.54, 1.807) is 4.52 Å². The molecule has 2 aromatic heterocycles. The monoisotopic (exact) mass is 339 g/mol. The van der Waals surface area contributed by atoms with Crippen molar-refractivity contribution in [2.45, 2.75) is 27.2 Å². The van der Waals surface area contributed by atoms with E-state index in [1.807, 2.05) is 45.0 Å². The van der Waals surface area contributed by atoms with Gasteiger partial charge in [0, 0.05) is 16.9 Å². The third kappa shape index (κ3) is 3.45. The van der Waals surface area contributed by atoms with E-state index < -0.39 is 0 Å². The normalized spacial score (nSPS) is 12.2. The molecule has 0 aliphatic heterocycles. The number of ether oxygens (including phenoxy) is 1. The van der Waals surface area contributed by atoms with Crippen LogP contribution >= 0.6 is 0 Å². The van der Waals surface area contributed by atoms with E-state index >= 15 is 0 Å². The Morgan fingerprint density at radius 1 is 1.28 bits per heavy atom. The Kier molecular flexibility index (Phi) is 4.65. The first-order chi connectivity index (χ1) is 12.0. The zero-order valence-corrected chi connectivity index (χ0v) is 14.8. The number of carbonyl (C=O) groups excluding carboxylic acids is 1. The summed E-state index contributed by atoms with van der Waals surface area (Å²) in [6.07, 6.45) is 2.14. The highest BCUT2D eigenvalue weighted by Gasteiger charge is 2.14. The van der Waals surface area contributed by atoms with Crippen molar-refractivity contribution in [3.05, 3.63) is 47.4 Å². The molecule has 0 saturated heterocycles. The van der Waals surface area contributed by atoms with Crippen LogP contribution in [0.25, 0.3) is 5.78 Å². The molecule has 0 fully saturated rings. The molecule has 1 atom stereocenters. The summed E-state index contributed by atoms with van der Waals surface area (Å²) in [4.78, 5) is 20.1. The molecule has 130 valence electrons. The molecule has 0 radical (unpaired) electrons. The second kappa shape index (κ2) is 6.88. The van der Waals surface area contributed by atoms with Gasteiger partial charge in [-0.15, -0.1) is 0 Å². The molecule has 0 spiro atoms.